The van der Waals surface area contributed by atoms with E-state index in [2.05, 4.69) is 27.7 Å². The molecule has 0 aliphatic carbocycles. The van der Waals surface area contributed by atoms with Gasteiger partial charge < -0.3 is 20.1 Å². The number of hydrazone groups is 1. The Morgan fingerprint density at radius 3 is 2.44 bits per heavy atom. The van der Waals surface area contributed by atoms with Crippen molar-refractivity contribution in [1.29, 1.82) is 0 Å². The maximum Gasteiger partial charge on any atom is 0.329 e. The molecule has 0 radical (unpaired) electrons. The minimum absolute atomic E-state index is 0.178. The lowest BCUT2D eigenvalue weighted by Crippen LogP contribution is -2.37. The first-order chi connectivity index (χ1) is 15.3. The molecule has 2 aromatic carbocycles. The molecule has 0 atom stereocenters. The molecule has 0 heterocycles. The zero-order valence-electron chi connectivity index (χ0n) is 18.2. The summed E-state index contributed by atoms with van der Waals surface area (Å²) in [6.07, 6.45) is 2.80. The third-order valence-corrected chi connectivity index (χ3v) is 4.28. The number of nitrogens with zero attached hydrogens (tertiary/aromatic N) is 1. The van der Waals surface area contributed by atoms with E-state index in [0.717, 1.165) is 16.8 Å². The molecule has 2 rings (SSSR count). The standard InChI is InChI=1S/C23H26N4O5/c1-5-11-24-22(29)23(30)27-25-13-17-9-10-18(19(12-17)31-4)32-14-20(28)26-21-15(2)7-6-8-16(21)3/h5-10,12-13H,1,11,14H2,2-4H3,(H,24,29)(H,26,28)(H,27,30)/b25-13-. The second-order valence-corrected chi connectivity index (χ2v) is 6.71. The predicted molar refractivity (Wildman–Crippen MR) is 122 cm³/mol. The molecule has 0 saturated heterocycles. The fourth-order valence-corrected chi connectivity index (χ4v) is 2.68. The van der Waals surface area contributed by atoms with Gasteiger partial charge in [0.15, 0.2) is 18.1 Å². The second-order valence-electron chi connectivity index (χ2n) is 6.71. The van der Waals surface area contributed by atoms with Gasteiger partial charge in [-0.1, -0.05) is 24.3 Å². The number of aryl methyl sites for hydroxylation is 2. The number of methoxy groups -OCH3 is 1. The molecule has 0 aromatic heterocycles. The normalized spacial score (nSPS) is 10.3. The lowest BCUT2D eigenvalue weighted by atomic mass is 10.1. The number of anilines is 1. The zero-order chi connectivity index (χ0) is 23.5. The molecular weight excluding hydrogens is 412 g/mol. The van der Waals surface area contributed by atoms with Crippen LogP contribution in [0.4, 0.5) is 5.69 Å². The summed E-state index contributed by atoms with van der Waals surface area (Å²) in [5.74, 6) is -1.27. The van der Waals surface area contributed by atoms with Crippen LogP contribution in [0.3, 0.4) is 0 Å². The molecule has 9 heteroatoms. The van der Waals surface area contributed by atoms with E-state index in [9.17, 15) is 14.4 Å². The first-order valence-electron chi connectivity index (χ1n) is 9.74. The average Bonchev–Trinajstić information content (AvgIpc) is 2.78. The minimum atomic E-state index is -0.898. The highest BCUT2D eigenvalue weighted by atomic mass is 16.5. The van der Waals surface area contributed by atoms with Crippen LogP contribution in [0.15, 0.2) is 54.2 Å². The highest BCUT2D eigenvalue weighted by Crippen LogP contribution is 2.27. The molecule has 2 aromatic rings. The van der Waals surface area contributed by atoms with E-state index in [1.54, 1.807) is 18.2 Å². The summed E-state index contributed by atoms with van der Waals surface area (Å²) in [7, 11) is 1.46. The van der Waals surface area contributed by atoms with Crippen LogP contribution in [0.25, 0.3) is 0 Å². The molecule has 0 aliphatic heterocycles. The van der Waals surface area contributed by atoms with Gasteiger partial charge in [-0.2, -0.15) is 5.10 Å². The smallest absolute Gasteiger partial charge is 0.329 e. The van der Waals surface area contributed by atoms with E-state index in [1.807, 2.05) is 32.0 Å². The van der Waals surface area contributed by atoms with Crippen molar-refractivity contribution in [3.8, 4) is 11.5 Å². The van der Waals surface area contributed by atoms with Gasteiger partial charge in [0.05, 0.1) is 13.3 Å². The molecule has 3 N–H and O–H groups in total. The third-order valence-electron chi connectivity index (χ3n) is 4.28. The monoisotopic (exact) mass is 438 g/mol. The van der Waals surface area contributed by atoms with E-state index >= 15 is 0 Å². The van der Waals surface area contributed by atoms with Gasteiger partial charge in [-0.05, 0) is 48.7 Å². The summed E-state index contributed by atoms with van der Waals surface area (Å²) < 4.78 is 10.9. The Hall–Kier alpha value is -4.14. The van der Waals surface area contributed by atoms with Crippen LogP contribution in [-0.4, -0.2) is 44.2 Å². The summed E-state index contributed by atoms with van der Waals surface area (Å²) in [4.78, 5) is 35.3. The number of ether oxygens (including phenoxy) is 2. The lowest BCUT2D eigenvalue weighted by Gasteiger charge is -2.13. The number of rotatable bonds is 9. The number of para-hydroxylation sites is 1. The SMILES string of the molecule is C=CCNC(=O)C(=O)N/N=C\c1ccc(OCC(=O)Nc2c(C)cccc2C)c(OC)c1. The number of amides is 3. The Morgan fingerprint density at radius 1 is 1.06 bits per heavy atom. The molecule has 168 valence electrons. The highest BCUT2D eigenvalue weighted by Gasteiger charge is 2.12. The predicted octanol–water partition coefficient (Wildman–Crippen LogP) is 2.08. The molecule has 0 fully saturated rings. The first kappa shape index (κ1) is 24.1. The number of carbonyl (C=O) groups excluding carboxylic acids is 3. The van der Waals surface area contributed by atoms with Crippen molar-refractivity contribution in [2.45, 2.75) is 13.8 Å². The van der Waals surface area contributed by atoms with Crippen LogP contribution in [0.2, 0.25) is 0 Å². The van der Waals surface area contributed by atoms with E-state index in [-0.39, 0.29) is 19.1 Å². The van der Waals surface area contributed by atoms with Crippen LogP contribution in [-0.2, 0) is 14.4 Å². The van der Waals surface area contributed by atoms with Gasteiger partial charge in [-0.15, -0.1) is 6.58 Å². The van der Waals surface area contributed by atoms with E-state index < -0.39 is 11.8 Å². The molecule has 3 amide bonds. The maximum atomic E-state index is 12.3. The van der Waals surface area contributed by atoms with Crippen LogP contribution in [0.5, 0.6) is 11.5 Å². The maximum absolute atomic E-state index is 12.3. The average molecular weight is 438 g/mol. The largest absolute Gasteiger partial charge is 0.493 e. The van der Waals surface area contributed by atoms with Crippen molar-refractivity contribution >= 4 is 29.6 Å². The molecule has 0 spiro atoms. The van der Waals surface area contributed by atoms with Crippen LogP contribution < -0.4 is 25.5 Å². The summed E-state index contributed by atoms with van der Waals surface area (Å²) in [5, 5.41) is 8.93. The van der Waals surface area contributed by atoms with Gasteiger partial charge in [-0.3, -0.25) is 14.4 Å². The number of carbonyl (C=O) groups is 3. The van der Waals surface area contributed by atoms with E-state index in [0.29, 0.717) is 17.1 Å². The molecule has 9 nitrogen and oxygen atoms in total. The third kappa shape index (κ3) is 6.98. The second kappa shape index (κ2) is 11.9. The molecule has 0 bridgehead atoms. The van der Waals surface area contributed by atoms with Gasteiger partial charge in [0.1, 0.15) is 0 Å². The quantitative estimate of drug-likeness (QED) is 0.240. The number of nitrogens with one attached hydrogen (secondary N) is 3. The molecule has 0 aliphatic rings. The van der Waals surface area contributed by atoms with Gasteiger partial charge in [0.2, 0.25) is 0 Å². The van der Waals surface area contributed by atoms with Crippen molar-refractivity contribution in [3.63, 3.8) is 0 Å². The van der Waals surface area contributed by atoms with E-state index in [1.165, 1.54) is 19.4 Å². The topological polar surface area (TPSA) is 118 Å². The number of hydrogen-bond donors (Lipinski definition) is 3. The van der Waals surface area contributed by atoms with Gasteiger partial charge in [-0.25, -0.2) is 5.43 Å². The summed E-state index contributed by atoms with van der Waals surface area (Å²) >= 11 is 0. The number of hydrogen-bond acceptors (Lipinski definition) is 6. The summed E-state index contributed by atoms with van der Waals surface area (Å²) in [6.45, 7) is 7.26. The highest BCUT2D eigenvalue weighted by molar-refractivity contribution is 6.35. The Morgan fingerprint density at radius 2 is 1.78 bits per heavy atom. The Labute approximate surface area is 186 Å². The zero-order valence-corrected chi connectivity index (χ0v) is 18.2. The molecule has 32 heavy (non-hydrogen) atoms. The molecule has 0 saturated carbocycles. The molecule has 0 unspecified atom stereocenters. The van der Waals surface area contributed by atoms with E-state index in [4.69, 9.17) is 9.47 Å². The summed E-state index contributed by atoms with van der Waals surface area (Å²) in [5.41, 5.74) is 5.40. The van der Waals surface area contributed by atoms with Crippen LogP contribution in [0.1, 0.15) is 16.7 Å². The fraction of sp³-hybridized carbons (Fsp3) is 0.217. The van der Waals surface area contributed by atoms with Gasteiger partial charge in [0, 0.05) is 12.2 Å². The van der Waals surface area contributed by atoms with Crippen molar-refractivity contribution in [2.24, 2.45) is 5.10 Å². The van der Waals surface area contributed by atoms with Crippen molar-refractivity contribution in [1.82, 2.24) is 10.7 Å². The van der Waals surface area contributed by atoms with Crippen molar-refractivity contribution in [3.05, 3.63) is 65.7 Å². The summed E-state index contributed by atoms with van der Waals surface area (Å²) in [6, 6.07) is 10.7. The van der Waals surface area contributed by atoms with Crippen molar-refractivity contribution < 1.29 is 23.9 Å². The van der Waals surface area contributed by atoms with Crippen LogP contribution in [0, 0.1) is 13.8 Å². The minimum Gasteiger partial charge on any atom is -0.493 e. The Balaban J connectivity index is 1.95. The van der Waals surface area contributed by atoms with Gasteiger partial charge in [0.25, 0.3) is 5.91 Å². The molecular formula is C23H26N4O5. The van der Waals surface area contributed by atoms with Gasteiger partial charge >= 0.3 is 11.8 Å². The van der Waals surface area contributed by atoms with Crippen molar-refractivity contribution in [2.75, 3.05) is 25.6 Å². The lowest BCUT2D eigenvalue weighted by molar-refractivity contribution is -0.139. The number of benzene rings is 2. The fourth-order valence-electron chi connectivity index (χ4n) is 2.68. The Bertz CT molecular complexity index is 1010. The first-order valence-corrected chi connectivity index (χ1v) is 9.74. The van der Waals surface area contributed by atoms with Crippen LogP contribution >= 0.6 is 0 Å². The Kier molecular flexibility index (Phi) is 8.97.